The van der Waals surface area contributed by atoms with Crippen LogP contribution < -0.4 is 10.1 Å². The van der Waals surface area contributed by atoms with Crippen LogP contribution in [0.3, 0.4) is 0 Å². The lowest BCUT2D eigenvalue weighted by Gasteiger charge is -2.42. The highest BCUT2D eigenvalue weighted by molar-refractivity contribution is 5.75. The van der Waals surface area contributed by atoms with Crippen molar-refractivity contribution in [2.75, 3.05) is 6.61 Å². The lowest BCUT2D eigenvalue weighted by molar-refractivity contribution is -0.244. The number of aliphatic hydroxyl groups is 3. The minimum Gasteiger partial charge on any atom is -0.462 e. The van der Waals surface area contributed by atoms with Crippen molar-refractivity contribution in [1.29, 1.82) is 0 Å². The number of amides is 1. The predicted octanol–water partition coefficient (Wildman–Crippen LogP) is 2.00. The van der Waals surface area contributed by atoms with E-state index in [4.69, 9.17) is 9.47 Å². The average Bonchev–Trinajstić information content (AvgIpc) is 2.72. The molecule has 7 nitrogen and oxygen atoms in total. The SMILES string of the molecule is CC(=O)NC1[C@H](Oc2cccc(C(F)(F)F)c2-c2cccc(C)c2)OC(CO)[C@H](O)[C@@H]1O. The number of aryl methyl sites for hydroxylation is 1. The van der Waals surface area contributed by atoms with E-state index in [1.54, 1.807) is 25.1 Å². The number of alkyl halides is 3. The Morgan fingerprint density at radius 2 is 1.84 bits per heavy atom. The fraction of sp³-hybridized carbons (Fsp3) is 0.409. The van der Waals surface area contributed by atoms with E-state index in [0.29, 0.717) is 0 Å². The zero-order valence-electron chi connectivity index (χ0n) is 17.3. The van der Waals surface area contributed by atoms with Gasteiger partial charge in [-0.3, -0.25) is 4.79 Å². The molecule has 0 saturated carbocycles. The predicted molar refractivity (Wildman–Crippen MR) is 108 cm³/mol. The third-order valence-corrected chi connectivity index (χ3v) is 5.13. The molecule has 174 valence electrons. The number of aliphatic hydroxyl groups excluding tert-OH is 3. The molecule has 2 unspecified atom stereocenters. The molecule has 2 aromatic carbocycles. The van der Waals surface area contributed by atoms with Gasteiger partial charge in [-0.2, -0.15) is 13.2 Å². The molecule has 2 aromatic rings. The van der Waals surface area contributed by atoms with Crippen molar-refractivity contribution in [3.05, 3.63) is 53.6 Å². The van der Waals surface area contributed by atoms with Crippen LogP contribution in [-0.2, 0) is 15.7 Å². The number of carbonyl (C=O) groups excluding carboxylic acids is 1. The highest BCUT2D eigenvalue weighted by atomic mass is 19.4. The van der Waals surface area contributed by atoms with Gasteiger partial charge in [0.2, 0.25) is 12.2 Å². The maximum absolute atomic E-state index is 13.8. The van der Waals surface area contributed by atoms with Crippen LogP contribution in [-0.4, -0.2) is 58.5 Å². The zero-order valence-corrected chi connectivity index (χ0v) is 17.3. The first-order valence-corrected chi connectivity index (χ1v) is 9.86. The Morgan fingerprint density at radius 1 is 1.16 bits per heavy atom. The second-order valence-electron chi connectivity index (χ2n) is 7.60. The second kappa shape index (κ2) is 9.45. The van der Waals surface area contributed by atoms with Gasteiger partial charge in [-0.1, -0.05) is 35.9 Å². The van der Waals surface area contributed by atoms with E-state index in [9.17, 15) is 33.3 Å². The van der Waals surface area contributed by atoms with Gasteiger partial charge >= 0.3 is 6.18 Å². The number of carbonyl (C=O) groups is 1. The smallest absolute Gasteiger partial charge is 0.417 e. The lowest BCUT2D eigenvalue weighted by Crippen LogP contribution is -2.65. The molecule has 1 saturated heterocycles. The van der Waals surface area contributed by atoms with Crippen molar-refractivity contribution in [2.45, 2.75) is 50.7 Å². The Balaban J connectivity index is 2.09. The highest BCUT2D eigenvalue weighted by Gasteiger charge is 2.46. The summed E-state index contributed by atoms with van der Waals surface area (Å²) in [5.74, 6) is -0.782. The van der Waals surface area contributed by atoms with Crippen LogP contribution in [0.4, 0.5) is 13.2 Å². The molecule has 1 heterocycles. The Kier molecular flexibility index (Phi) is 7.09. The molecule has 0 aliphatic carbocycles. The van der Waals surface area contributed by atoms with E-state index < -0.39 is 54.9 Å². The molecule has 0 bridgehead atoms. The third-order valence-electron chi connectivity index (χ3n) is 5.13. The van der Waals surface area contributed by atoms with E-state index in [2.05, 4.69) is 5.32 Å². The number of ether oxygens (including phenoxy) is 2. The summed E-state index contributed by atoms with van der Waals surface area (Å²) in [5, 5.41) is 32.4. The highest BCUT2D eigenvalue weighted by Crippen LogP contribution is 2.43. The molecule has 1 aliphatic heterocycles. The van der Waals surface area contributed by atoms with E-state index in [1.165, 1.54) is 18.2 Å². The Hall–Kier alpha value is -2.66. The lowest BCUT2D eigenvalue weighted by atomic mass is 9.95. The van der Waals surface area contributed by atoms with E-state index in [1.807, 2.05) is 0 Å². The van der Waals surface area contributed by atoms with Crippen molar-refractivity contribution >= 4 is 5.91 Å². The van der Waals surface area contributed by atoms with Crippen molar-refractivity contribution in [2.24, 2.45) is 0 Å². The normalized spacial score (nSPS) is 25.9. The molecule has 5 atom stereocenters. The molecular weight excluding hydrogens is 431 g/mol. The number of nitrogens with one attached hydrogen (secondary N) is 1. The molecule has 1 fully saturated rings. The number of rotatable bonds is 5. The van der Waals surface area contributed by atoms with Gasteiger partial charge in [0.15, 0.2) is 0 Å². The van der Waals surface area contributed by atoms with Crippen molar-refractivity contribution < 1.29 is 42.8 Å². The second-order valence-corrected chi connectivity index (χ2v) is 7.60. The van der Waals surface area contributed by atoms with E-state index >= 15 is 0 Å². The van der Waals surface area contributed by atoms with Crippen LogP contribution in [0, 0.1) is 6.92 Å². The maximum Gasteiger partial charge on any atom is 0.417 e. The first-order valence-electron chi connectivity index (χ1n) is 9.86. The molecule has 4 N–H and O–H groups in total. The van der Waals surface area contributed by atoms with Crippen LogP contribution in [0.15, 0.2) is 42.5 Å². The van der Waals surface area contributed by atoms with Crippen molar-refractivity contribution in [1.82, 2.24) is 5.32 Å². The van der Waals surface area contributed by atoms with E-state index in [0.717, 1.165) is 18.6 Å². The monoisotopic (exact) mass is 455 g/mol. The Labute approximate surface area is 182 Å². The fourth-order valence-electron chi connectivity index (χ4n) is 3.66. The summed E-state index contributed by atoms with van der Waals surface area (Å²) in [6.07, 6.45) is -10.6. The molecule has 0 spiro atoms. The molecule has 3 rings (SSSR count). The fourth-order valence-corrected chi connectivity index (χ4v) is 3.66. The topological polar surface area (TPSA) is 108 Å². The minimum atomic E-state index is -4.69. The minimum absolute atomic E-state index is 0.203. The number of benzene rings is 2. The largest absolute Gasteiger partial charge is 0.462 e. The summed E-state index contributed by atoms with van der Waals surface area (Å²) in [7, 11) is 0. The Morgan fingerprint density at radius 3 is 2.44 bits per heavy atom. The molecule has 32 heavy (non-hydrogen) atoms. The number of hydrogen-bond acceptors (Lipinski definition) is 6. The summed E-state index contributed by atoms with van der Waals surface area (Å²) in [4.78, 5) is 11.6. The van der Waals surface area contributed by atoms with Crippen molar-refractivity contribution in [3.63, 3.8) is 0 Å². The standard InChI is InChI=1S/C22H24F3NO6/c1-11-5-3-6-13(9-11)17-14(22(23,24)25)7-4-8-15(17)31-21-18(26-12(2)28)20(30)19(29)16(10-27)32-21/h3-9,16,18-21,27,29-30H,10H2,1-2H3,(H,26,28)/t16?,18?,19-,20+,21+/m0/s1. The molecule has 0 radical (unpaired) electrons. The van der Waals surface area contributed by atoms with Crippen LogP contribution >= 0.6 is 0 Å². The van der Waals surface area contributed by atoms with Gasteiger partial charge < -0.3 is 30.1 Å². The summed E-state index contributed by atoms with van der Waals surface area (Å²) in [6.45, 7) is 2.22. The van der Waals surface area contributed by atoms with Gasteiger partial charge in [0.1, 0.15) is 30.1 Å². The van der Waals surface area contributed by atoms with Gasteiger partial charge in [0.25, 0.3) is 0 Å². The van der Waals surface area contributed by atoms with Gasteiger partial charge in [-0.05, 0) is 24.6 Å². The van der Waals surface area contributed by atoms with Crippen molar-refractivity contribution in [3.8, 4) is 16.9 Å². The Bertz CT molecular complexity index is 967. The number of halogens is 3. The summed E-state index contributed by atoms with van der Waals surface area (Å²) < 4.78 is 52.7. The van der Waals surface area contributed by atoms with Gasteiger partial charge in [0, 0.05) is 12.5 Å². The van der Waals surface area contributed by atoms with Crippen LogP contribution in [0.5, 0.6) is 5.75 Å². The average molecular weight is 455 g/mol. The van der Waals surface area contributed by atoms with Gasteiger partial charge in [0.05, 0.1) is 12.2 Å². The molecule has 1 aliphatic rings. The quantitative estimate of drug-likeness (QED) is 0.550. The van der Waals surface area contributed by atoms with Crippen LogP contribution in [0.1, 0.15) is 18.1 Å². The first kappa shape index (κ1) is 24.0. The summed E-state index contributed by atoms with van der Waals surface area (Å²) >= 11 is 0. The molecule has 10 heteroatoms. The third kappa shape index (κ3) is 5.04. The van der Waals surface area contributed by atoms with Crippen LogP contribution in [0.2, 0.25) is 0 Å². The molecular formula is C22H24F3NO6. The van der Waals surface area contributed by atoms with Crippen LogP contribution in [0.25, 0.3) is 11.1 Å². The maximum atomic E-state index is 13.8. The summed E-state index contributed by atoms with van der Waals surface area (Å²) in [5.41, 5.74) is -0.199. The molecule has 1 amide bonds. The zero-order chi connectivity index (χ0) is 23.6. The first-order chi connectivity index (χ1) is 15.0. The van der Waals surface area contributed by atoms with E-state index in [-0.39, 0.29) is 16.9 Å². The summed E-state index contributed by atoms with van der Waals surface area (Å²) in [6, 6.07) is 8.53. The number of hydrogen-bond donors (Lipinski definition) is 4. The van der Waals surface area contributed by atoms with Gasteiger partial charge in [-0.15, -0.1) is 0 Å². The van der Waals surface area contributed by atoms with Gasteiger partial charge in [-0.25, -0.2) is 0 Å². The molecule has 0 aromatic heterocycles.